The maximum absolute atomic E-state index is 11.5. The Morgan fingerprint density at radius 1 is 1.13 bits per heavy atom. The van der Waals surface area contributed by atoms with Gasteiger partial charge in [-0.1, -0.05) is 49.4 Å². The third-order valence-corrected chi connectivity index (χ3v) is 5.75. The van der Waals surface area contributed by atoms with Crippen LogP contribution in [-0.4, -0.2) is 48.3 Å². The van der Waals surface area contributed by atoms with Crippen molar-refractivity contribution >= 4 is 11.6 Å². The molecule has 2 fully saturated rings. The molecule has 4 heteroatoms. The Morgan fingerprint density at radius 3 is 2.48 bits per heavy atom. The minimum Gasteiger partial charge on any atom is -0.389 e. The minimum atomic E-state index is -0.591. The average Bonchev–Trinajstić information content (AvgIpc) is 2.79. The number of piperazine rings is 1. The summed E-state index contributed by atoms with van der Waals surface area (Å²) in [6.07, 6.45) is 6.59. The van der Waals surface area contributed by atoms with Crippen LogP contribution in [0.5, 0.6) is 0 Å². The highest BCUT2D eigenvalue weighted by Crippen LogP contribution is 2.40. The van der Waals surface area contributed by atoms with Gasteiger partial charge in [-0.05, 0) is 30.5 Å². The van der Waals surface area contributed by atoms with Crippen LogP contribution in [0, 0.1) is 0 Å². The van der Waals surface area contributed by atoms with Gasteiger partial charge in [0.15, 0.2) is 0 Å². The van der Waals surface area contributed by atoms with Crippen molar-refractivity contribution in [1.82, 2.24) is 10.2 Å². The van der Waals surface area contributed by atoms with Crippen molar-refractivity contribution < 1.29 is 5.11 Å². The quantitative estimate of drug-likeness (QED) is 0.827. The first-order chi connectivity index (χ1) is 11.2. The molecule has 1 aliphatic carbocycles. The van der Waals surface area contributed by atoms with E-state index in [1.165, 1.54) is 18.4 Å². The zero-order valence-corrected chi connectivity index (χ0v) is 14.7. The third kappa shape index (κ3) is 4.48. The molecule has 0 bridgehead atoms. The van der Waals surface area contributed by atoms with Crippen LogP contribution in [0.2, 0.25) is 5.02 Å². The normalized spacial score (nSPS) is 24.1. The molecular weight excluding hydrogens is 308 g/mol. The number of halogens is 1. The van der Waals surface area contributed by atoms with Gasteiger partial charge in [0.2, 0.25) is 0 Å². The van der Waals surface area contributed by atoms with E-state index < -0.39 is 5.60 Å². The summed E-state index contributed by atoms with van der Waals surface area (Å²) in [6, 6.07) is 8.13. The highest BCUT2D eigenvalue weighted by molar-refractivity contribution is 6.30. The topological polar surface area (TPSA) is 35.5 Å². The molecule has 1 aromatic rings. The molecule has 1 unspecified atom stereocenters. The molecule has 3 nitrogen and oxygen atoms in total. The van der Waals surface area contributed by atoms with Gasteiger partial charge in [-0.2, -0.15) is 0 Å². The summed E-state index contributed by atoms with van der Waals surface area (Å²) in [5, 5.41) is 15.7. The minimum absolute atomic E-state index is 0.150. The van der Waals surface area contributed by atoms with Gasteiger partial charge >= 0.3 is 0 Å². The van der Waals surface area contributed by atoms with Crippen LogP contribution in [0.3, 0.4) is 0 Å². The van der Waals surface area contributed by atoms with Gasteiger partial charge in [0, 0.05) is 43.7 Å². The van der Waals surface area contributed by atoms with Crippen molar-refractivity contribution in [2.75, 3.05) is 32.7 Å². The average molecular weight is 337 g/mol. The van der Waals surface area contributed by atoms with E-state index in [1.807, 2.05) is 12.1 Å². The van der Waals surface area contributed by atoms with Gasteiger partial charge in [0.1, 0.15) is 0 Å². The lowest BCUT2D eigenvalue weighted by Crippen LogP contribution is -2.49. The summed E-state index contributed by atoms with van der Waals surface area (Å²) in [6.45, 7) is 5.14. The van der Waals surface area contributed by atoms with E-state index in [2.05, 4.69) is 22.3 Å². The van der Waals surface area contributed by atoms with Crippen LogP contribution in [0.15, 0.2) is 24.3 Å². The zero-order chi connectivity index (χ0) is 16.1. The molecule has 1 aromatic carbocycles. The highest BCUT2D eigenvalue weighted by Gasteiger charge is 2.38. The number of hydrogen-bond donors (Lipinski definition) is 2. The summed E-state index contributed by atoms with van der Waals surface area (Å²) >= 11 is 6.24. The van der Waals surface area contributed by atoms with Crippen LogP contribution in [0.1, 0.15) is 50.0 Å². The molecule has 0 aromatic heterocycles. The first-order valence-corrected chi connectivity index (χ1v) is 9.46. The molecule has 0 amide bonds. The predicted molar refractivity (Wildman–Crippen MR) is 96.2 cm³/mol. The Labute approximate surface area is 145 Å². The SMILES string of the molecule is OC1(C(CN2CCNCC2)c2cccc(Cl)c2)CCCCCC1. The van der Waals surface area contributed by atoms with Crippen LogP contribution >= 0.6 is 11.6 Å². The van der Waals surface area contributed by atoms with Gasteiger partial charge in [0.05, 0.1) is 5.60 Å². The van der Waals surface area contributed by atoms with E-state index in [0.717, 1.165) is 63.4 Å². The van der Waals surface area contributed by atoms with Gasteiger partial charge in [-0.25, -0.2) is 0 Å². The first-order valence-electron chi connectivity index (χ1n) is 9.08. The smallest absolute Gasteiger partial charge is 0.0728 e. The fourth-order valence-electron chi connectivity index (χ4n) is 4.15. The summed E-state index contributed by atoms with van der Waals surface area (Å²) in [7, 11) is 0. The lowest BCUT2D eigenvalue weighted by Gasteiger charge is -2.40. The molecule has 1 aliphatic heterocycles. The van der Waals surface area contributed by atoms with Crippen LogP contribution in [0.4, 0.5) is 0 Å². The Hall–Kier alpha value is -0.610. The molecule has 2 aliphatic rings. The molecule has 3 rings (SSSR count). The predicted octanol–water partition coefficient (Wildman–Crippen LogP) is 3.41. The van der Waals surface area contributed by atoms with E-state index in [-0.39, 0.29) is 5.92 Å². The standard InChI is InChI=1S/C19H29ClN2O/c20-17-7-5-6-16(14-17)18(15-22-12-10-21-11-13-22)19(23)8-3-1-2-4-9-19/h5-7,14,18,21,23H,1-4,8-13,15H2. The molecule has 1 saturated heterocycles. The molecular formula is C19H29ClN2O. The Morgan fingerprint density at radius 2 is 1.83 bits per heavy atom. The van der Waals surface area contributed by atoms with E-state index in [1.54, 1.807) is 0 Å². The van der Waals surface area contributed by atoms with E-state index in [0.29, 0.717) is 0 Å². The second kappa shape index (κ2) is 7.98. The van der Waals surface area contributed by atoms with Crippen LogP contribution < -0.4 is 5.32 Å². The number of nitrogens with one attached hydrogen (secondary N) is 1. The molecule has 1 atom stereocenters. The highest BCUT2D eigenvalue weighted by atomic mass is 35.5. The van der Waals surface area contributed by atoms with Crippen molar-refractivity contribution in [3.63, 3.8) is 0 Å². The number of rotatable bonds is 4. The van der Waals surface area contributed by atoms with E-state index in [4.69, 9.17) is 11.6 Å². The molecule has 0 spiro atoms. The molecule has 2 N–H and O–H groups in total. The maximum Gasteiger partial charge on any atom is 0.0728 e. The van der Waals surface area contributed by atoms with E-state index >= 15 is 0 Å². The van der Waals surface area contributed by atoms with Gasteiger partial charge in [-0.3, -0.25) is 0 Å². The second-order valence-electron chi connectivity index (χ2n) is 7.18. The summed E-state index contributed by atoms with van der Waals surface area (Å²) in [5.74, 6) is 0.150. The van der Waals surface area contributed by atoms with Gasteiger partial charge < -0.3 is 15.3 Å². The summed E-state index contributed by atoms with van der Waals surface area (Å²) in [5.41, 5.74) is 0.604. The fourth-order valence-corrected chi connectivity index (χ4v) is 4.35. The number of nitrogens with zero attached hydrogens (tertiary/aromatic N) is 1. The van der Waals surface area contributed by atoms with Gasteiger partial charge in [0.25, 0.3) is 0 Å². The Balaban J connectivity index is 1.85. The molecule has 1 heterocycles. The lowest BCUT2D eigenvalue weighted by atomic mass is 9.76. The number of benzene rings is 1. The van der Waals surface area contributed by atoms with Crippen molar-refractivity contribution in [2.45, 2.75) is 50.0 Å². The first kappa shape index (κ1) is 17.2. The number of aliphatic hydroxyl groups is 1. The number of hydrogen-bond acceptors (Lipinski definition) is 3. The summed E-state index contributed by atoms with van der Waals surface area (Å²) < 4.78 is 0. The monoisotopic (exact) mass is 336 g/mol. The second-order valence-corrected chi connectivity index (χ2v) is 7.61. The molecule has 0 radical (unpaired) electrons. The lowest BCUT2D eigenvalue weighted by molar-refractivity contribution is -0.0144. The van der Waals surface area contributed by atoms with Crippen molar-refractivity contribution in [3.8, 4) is 0 Å². The third-order valence-electron chi connectivity index (χ3n) is 5.52. The Bertz CT molecular complexity index is 494. The maximum atomic E-state index is 11.5. The fraction of sp³-hybridized carbons (Fsp3) is 0.684. The molecule has 23 heavy (non-hydrogen) atoms. The summed E-state index contributed by atoms with van der Waals surface area (Å²) in [4.78, 5) is 2.49. The van der Waals surface area contributed by atoms with E-state index in [9.17, 15) is 5.11 Å². The Kier molecular flexibility index (Phi) is 5.97. The van der Waals surface area contributed by atoms with Crippen molar-refractivity contribution in [2.24, 2.45) is 0 Å². The van der Waals surface area contributed by atoms with Crippen molar-refractivity contribution in [3.05, 3.63) is 34.9 Å². The van der Waals surface area contributed by atoms with Crippen molar-refractivity contribution in [1.29, 1.82) is 0 Å². The largest absolute Gasteiger partial charge is 0.389 e. The van der Waals surface area contributed by atoms with Crippen LogP contribution in [0.25, 0.3) is 0 Å². The van der Waals surface area contributed by atoms with Gasteiger partial charge in [-0.15, -0.1) is 0 Å². The zero-order valence-electron chi connectivity index (χ0n) is 13.9. The van der Waals surface area contributed by atoms with Crippen LogP contribution in [-0.2, 0) is 0 Å². The molecule has 1 saturated carbocycles. The molecule has 128 valence electrons.